The van der Waals surface area contributed by atoms with Crippen molar-refractivity contribution in [3.8, 4) is 0 Å². The van der Waals surface area contributed by atoms with Crippen LogP contribution in [0.15, 0.2) is 0 Å². The maximum Gasteiger partial charge on any atom is 0.159 e. The topological polar surface area (TPSA) is 16.1 Å². The van der Waals surface area contributed by atoms with Gasteiger partial charge in [0.1, 0.15) is 0 Å². The highest BCUT2D eigenvalue weighted by Crippen LogP contribution is 2.60. The Morgan fingerprint density at radius 3 is 1.88 bits per heavy atom. The van der Waals surface area contributed by atoms with Gasteiger partial charge in [0.05, 0.1) is 16.1 Å². The molecule has 1 aliphatic heterocycles. The van der Waals surface area contributed by atoms with Gasteiger partial charge in [0.2, 0.25) is 0 Å². The van der Waals surface area contributed by atoms with Crippen LogP contribution in [-0.2, 0) is 5.41 Å². The second kappa shape index (κ2) is 7.18. The molecule has 1 unspecified atom stereocenters. The highest BCUT2D eigenvalue weighted by molar-refractivity contribution is 7.63. The van der Waals surface area contributed by atoms with Gasteiger partial charge in [-0.15, -0.1) is 0 Å². The molecule has 0 aromatic carbocycles. The smallest absolute Gasteiger partial charge is 0.159 e. The van der Waals surface area contributed by atoms with Crippen LogP contribution in [-0.4, -0.2) is 34.0 Å². The quantitative estimate of drug-likeness (QED) is 0.495. The zero-order valence-electron chi connectivity index (χ0n) is 17.4. The van der Waals surface area contributed by atoms with Crippen molar-refractivity contribution in [2.24, 2.45) is 0 Å². The van der Waals surface area contributed by atoms with Crippen LogP contribution < -0.4 is 4.90 Å². The van der Waals surface area contributed by atoms with Gasteiger partial charge in [0.15, 0.2) is 5.55 Å². The molecule has 1 fully saturated rings. The zero-order valence-corrected chi connectivity index (χ0v) is 21.2. The Morgan fingerprint density at radius 2 is 1.46 bits per heavy atom. The summed E-state index contributed by atoms with van der Waals surface area (Å²) in [6.45, 7) is 25.3. The number of nitrogens with zero attached hydrogens (tertiary/aromatic N) is 2. The number of anilines is 1. The molecular weight excluding hydrogens is 362 g/mol. The molecule has 0 amide bonds. The zero-order chi connectivity index (χ0) is 18.3. The highest BCUT2D eigenvalue weighted by atomic mass is 31.1. The number of rotatable bonds is 4. The molecule has 0 bridgehead atoms. The van der Waals surface area contributed by atoms with E-state index in [1.54, 1.807) is 5.03 Å². The van der Waals surface area contributed by atoms with E-state index in [9.17, 15) is 0 Å². The monoisotopic (exact) mass is 400 g/mol. The van der Waals surface area contributed by atoms with E-state index in [0.717, 1.165) is 4.91 Å². The fourth-order valence-corrected chi connectivity index (χ4v) is 26.3. The van der Waals surface area contributed by atoms with Gasteiger partial charge in [-0.2, -0.15) is 0 Å². The van der Waals surface area contributed by atoms with Gasteiger partial charge < -0.3 is 4.90 Å². The molecule has 1 aromatic rings. The van der Waals surface area contributed by atoms with Gasteiger partial charge in [-0.3, -0.25) is 0 Å². The van der Waals surface area contributed by atoms with Crippen LogP contribution in [0, 0.1) is 0 Å². The lowest BCUT2D eigenvalue weighted by atomic mass is 10.0. The molecule has 6 heteroatoms. The van der Waals surface area contributed by atoms with Crippen molar-refractivity contribution in [2.75, 3.05) is 18.0 Å². The molecule has 1 aliphatic rings. The summed E-state index contributed by atoms with van der Waals surface area (Å²) in [7, 11) is -1.36. The lowest BCUT2D eigenvalue weighted by molar-refractivity contribution is 0.577. The van der Waals surface area contributed by atoms with Crippen LogP contribution in [0.2, 0.25) is 39.3 Å². The van der Waals surface area contributed by atoms with E-state index >= 15 is 0 Å². The third-order valence-corrected chi connectivity index (χ3v) is 23.9. The molecule has 0 radical (unpaired) electrons. The number of hydrogen-bond acceptors (Lipinski definition) is 2. The molecule has 2 nitrogen and oxygen atoms in total. The summed E-state index contributed by atoms with van der Waals surface area (Å²) >= 11 is 0. The first-order valence-electron chi connectivity index (χ1n) is 9.54. The Bertz CT molecular complexity index is 545. The van der Waals surface area contributed by atoms with E-state index in [1.807, 2.05) is 0 Å². The number of hydrogen-bond donors (Lipinski definition) is 0. The maximum atomic E-state index is 5.52. The molecule has 1 atom stereocenters. The predicted molar refractivity (Wildman–Crippen MR) is 120 cm³/mol. The first kappa shape index (κ1) is 20.7. The van der Waals surface area contributed by atoms with Gasteiger partial charge in [-0.1, -0.05) is 60.1 Å². The third-order valence-electron chi connectivity index (χ3n) is 4.82. The van der Waals surface area contributed by atoms with Crippen molar-refractivity contribution in [3.05, 3.63) is 5.03 Å². The van der Waals surface area contributed by atoms with Crippen molar-refractivity contribution in [2.45, 2.75) is 89.6 Å². The van der Waals surface area contributed by atoms with E-state index in [2.05, 4.69) is 65.0 Å². The Hall–Kier alpha value is 0.374. The predicted octanol–water partition coefficient (Wildman–Crippen LogP) is 7.23. The van der Waals surface area contributed by atoms with Gasteiger partial charge in [0, 0.05) is 23.0 Å². The second-order valence-corrected chi connectivity index (χ2v) is 26.1. The Balaban J connectivity index is 2.55. The fraction of sp³-hybridized carbons (Fsp3) is 0.889. The number of aromatic nitrogens is 1. The molecule has 138 valence electrons. The van der Waals surface area contributed by atoms with E-state index in [-0.39, 0.29) is 13.1 Å². The first-order valence-corrected chi connectivity index (χ1v) is 18.9. The SMILES string of the molecule is CC(C)(C)c1pc(N2CCCCC2)np1C([Si](C)(C)C)[Si](C)(C)C. The van der Waals surface area contributed by atoms with Crippen LogP contribution in [0.4, 0.5) is 5.55 Å². The Morgan fingerprint density at radius 1 is 0.958 bits per heavy atom. The molecule has 0 N–H and O–H groups in total. The summed E-state index contributed by atoms with van der Waals surface area (Å²) in [5.41, 5.74) is 1.71. The fourth-order valence-electron chi connectivity index (χ4n) is 4.26. The summed E-state index contributed by atoms with van der Waals surface area (Å²) in [6.07, 6.45) is 4.10. The summed E-state index contributed by atoms with van der Waals surface area (Å²) < 4.78 is 5.52. The maximum absolute atomic E-state index is 5.52. The minimum atomic E-state index is -1.25. The van der Waals surface area contributed by atoms with Crippen molar-refractivity contribution < 1.29 is 0 Å². The largest absolute Gasteiger partial charge is 0.353 e. The van der Waals surface area contributed by atoms with E-state index in [4.69, 9.17) is 4.75 Å². The summed E-state index contributed by atoms with van der Waals surface area (Å²) in [5.74, 6) is 0. The molecule has 1 aromatic heterocycles. The lowest BCUT2D eigenvalue weighted by Gasteiger charge is -2.39. The van der Waals surface area contributed by atoms with Gasteiger partial charge >= 0.3 is 0 Å². The number of piperidine rings is 1. The van der Waals surface area contributed by atoms with Gasteiger partial charge in [-0.25, -0.2) is 4.75 Å². The summed E-state index contributed by atoms with van der Waals surface area (Å²) in [5, 5.41) is 1.76. The van der Waals surface area contributed by atoms with Crippen molar-refractivity contribution in [1.82, 2.24) is 4.75 Å². The third kappa shape index (κ3) is 4.75. The average molecular weight is 401 g/mol. The lowest BCUT2D eigenvalue weighted by Crippen LogP contribution is -2.44. The average Bonchev–Trinajstić information content (AvgIpc) is 2.80. The Labute approximate surface area is 155 Å². The van der Waals surface area contributed by atoms with Crippen molar-refractivity contribution in [1.29, 1.82) is 0 Å². The van der Waals surface area contributed by atoms with Crippen LogP contribution in [0.5, 0.6) is 0 Å². The van der Waals surface area contributed by atoms with Crippen LogP contribution in [0.25, 0.3) is 0 Å². The minimum Gasteiger partial charge on any atom is -0.353 e. The Kier molecular flexibility index (Phi) is 6.19. The van der Waals surface area contributed by atoms with Crippen LogP contribution in [0.1, 0.15) is 50.0 Å². The normalized spacial score (nSPS) is 18.8. The summed E-state index contributed by atoms with van der Waals surface area (Å²) in [6, 6.07) is 0. The van der Waals surface area contributed by atoms with Crippen molar-refractivity contribution >= 4 is 37.6 Å². The van der Waals surface area contributed by atoms with E-state index in [1.165, 1.54) is 46.1 Å². The standard InChI is InChI=1S/C18H38N2P2Si2/c1-18(2,3)15-21-16(20-13-11-10-12-14-20)19-22(15)17(23(4,5)6)24(7,8)9/h17H,10-14H2,1-9H3. The molecule has 2 rings (SSSR count). The van der Waals surface area contributed by atoms with Crippen LogP contribution in [0.3, 0.4) is 0 Å². The molecular formula is C18H38N2P2Si2. The minimum absolute atomic E-state index is 0.284. The molecule has 1 saturated heterocycles. The first-order chi connectivity index (χ1) is 10.8. The second-order valence-electron chi connectivity index (χ2n) is 10.6. The summed E-state index contributed by atoms with van der Waals surface area (Å²) in [4.78, 5) is 3.51. The van der Waals surface area contributed by atoms with Crippen LogP contribution >= 0.6 is 15.9 Å². The molecule has 24 heavy (non-hydrogen) atoms. The van der Waals surface area contributed by atoms with E-state index in [0.29, 0.717) is 0 Å². The van der Waals surface area contributed by atoms with Crippen molar-refractivity contribution in [3.63, 3.8) is 0 Å². The molecule has 0 spiro atoms. The molecule has 0 aliphatic carbocycles. The molecule has 2 heterocycles. The van der Waals surface area contributed by atoms with E-state index < -0.39 is 16.1 Å². The van der Waals surface area contributed by atoms with Gasteiger partial charge in [-0.05, 0) is 40.6 Å². The van der Waals surface area contributed by atoms with Gasteiger partial charge in [0.25, 0.3) is 0 Å². The molecule has 0 saturated carbocycles. The highest BCUT2D eigenvalue weighted by Gasteiger charge is 2.43.